The number of aliphatic hydroxyl groups is 1. The molecule has 1 rings (SSSR count). The third-order valence-corrected chi connectivity index (χ3v) is 3.55. The van der Waals surface area contributed by atoms with Gasteiger partial charge in [0.1, 0.15) is 24.8 Å². The van der Waals surface area contributed by atoms with Crippen molar-refractivity contribution in [2.24, 2.45) is 0 Å². The Balaban J connectivity index is 2.56. The van der Waals surface area contributed by atoms with E-state index in [4.69, 9.17) is 44.6 Å². The molecular formula is C13H20Cl3N3O5. The van der Waals surface area contributed by atoms with Gasteiger partial charge in [-0.15, -0.1) is 0 Å². The maximum Gasteiger partial charge on any atom is 0.325 e. The number of hydrazine groups is 1. The number of nitrogens with zero attached hydrogens (tertiary/aromatic N) is 1. The number of rotatable bonds is 5. The Hall–Kier alpha value is -0.800. The summed E-state index contributed by atoms with van der Waals surface area (Å²) in [6, 6.07) is -1.62. The smallest absolute Gasteiger partial charge is 0.325 e. The maximum absolute atomic E-state index is 12.3. The quantitative estimate of drug-likeness (QED) is 0.449. The van der Waals surface area contributed by atoms with Gasteiger partial charge >= 0.3 is 5.97 Å². The highest BCUT2D eigenvalue weighted by Gasteiger charge is 2.33. The van der Waals surface area contributed by atoms with Crippen molar-refractivity contribution in [3.05, 3.63) is 0 Å². The lowest BCUT2D eigenvalue weighted by Crippen LogP contribution is -2.59. The van der Waals surface area contributed by atoms with E-state index in [1.165, 1.54) is 18.9 Å². The largest absolute Gasteiger partial charge is 0.460 e. The number of halogens is 3. The number of carbonyl (C=O) groups excluding carboxylic acids is 3. The number of esters is 1. The third kappa shape index (κ3) is 6.98. The molecule has 1 aliphatic rings. The Morgan fingerprint density at radius 3 is 2.54 bits per heavy atom. The van der Waals surface area contributed by atoms with Crippen molar-refractivity contribution >= 4 is 52.6 Å². The summed E-state index contributed by atoms with van der Waals surface area (Å²) in [6.45, 7) is 2.74. The second kappa shape index (κ2) is 9.05. The molecule has 0 aliphatic carbocycles. The Morgan fingerprint density at radius 2 is 2.00 bits per heavy atom. The van der Waals surface area contributed by atoms with E-state index in [1.54, 1.807) is 0 Å². The van der Waals surface area contributed by atoms with E-state index in [-0.39, 0.29) is 0 Å². The van der Waals surface area contributed by atoms with Gasteiger partial charge in [-0.05, 0) is 26.7 Å². The number of carbonyl (C=O) groups is 3. The SMILES string of the molecule is C[C@H](O)C(=O)N[C@@H](C)C(=O)N1CCC[C@@H](C(=O)OCC(Cl)(Cl)Cl)N1. The van der Waals surface area contributed by atoms with E-state index < -0.39 is 46.4 Å². The van der Waals surface area contributed by atoms with E-state index in [2.05, 4.69) is 10.7 Å². The summed E-state index contributed by atoms with van der Waals surface area (Å²) in [5.74, 6) is -1.74. The molecule has 0 aromatic heterocycles. The summed E-state index contributed by atoms with van der Waals surface area (Å²) in [5, 5.41) is 12.8. The van der Waals surface area contributed by atoms with Crippen LogP contribution < -0.4 is 10.7 Å². The number of aliphatic hydroxyl groups excluding tert-OH is 1. The Labute approximate surface area is 154 Å². The predicted molar refractivity (Wildman–Crippen MR) is 88.4 cm³/mol. The lowest BCUT2D eigenvalue weighted by atomic mass is 10.1. The highest BCUT2D eigenvalue weighted by Crippen LogP contribution is 2.26. The first-order valence-corrected chi connectivity index (χ1v) is 8.44. The number of nitrogens with one attached hydrogen (secondary N) is 2. The second-order valence-corrected chi connectivity index (χ2v) is 7.96. The minimum absolute atomic E-state index is 0.363. The highest BCUT2D eigenvalue weighted by atomic mass is 35.6. The lowest BCUT2D eigenvalue weighted by Gasteiger charge is -2.34. The van der Waals surface area contributed by atoms with Crippen molar-refractivity contribution in [3.8, 4) is 0 Å². The van der Waals surface area contributed by atoms with Crippen LogP contribution in [-0.4, -0.2) is 63.0 Å². The van der Waals surface area contributed by atoms with Crippen LogP contribution in [0.1, 0.15) is 26.7 Å². The van der Waals surface area contributed by atoms with E-state index in [0.29, 0.717) is 19.4 Å². The van der Waals surface area contributed by atoms with Crippen molar-refractivity contribution < 1.29 is 24.2 Å². The fraction of sp³-hybridized carbons (Fsp3) is 0.769. The molecule has 8 nitrogen and oxygen atoms in total. The second-order valence-electron chi connectivity index (χ2n) is 5.44. The standard InChI is InChI=1S/C13H20Cl3N3O5/c1-7(17-10(21)8(2)20)11(22)19-5-3-4-9(18-19)12(23)24-6-13(14,15)16/h7-9,18,20H,3-6H2,1-2H3,(H,17,21)/t7-,8-,9-/m0/s1. The number of hydrogen-bond acceptors (Lipinski definition) is 6. The fourth-order valence-corrected chi connectivity index (χ4v) is 2.16. The molecule has 1 fully saturated rings. The zero-order chi connectivity index (χ0) is 18.5. The monoisotopic (exact) mass is 403 g/mol. The normalized spacial score (nSPS) is 20.9. The molecule has 3 atom stereocenters. The van der Waals surface area contributed by atoms with Gasteiger partial charge in [-0.25, -0.2) is 5.43 Å². The van der Waals surface area contributed by atoms with E-state index >= 15 is 0 Å². The third-order valence-electron chi connectivity index (χ3n) is 3.22. The molecule has 0 aromatic carbocycles. The number of hydrogen-bond donors (Lipinski definition) is 3. The van der Waals surface area contributed by atoms with Crippen LogP contribution in [0.4, 0.5) is 0 Å². The fourth-order valence-electron chi connectivity index (χ4n) is 2.00. The van der Waals surface area contributed by atoms with Crippen molar-refractivity contribution in [3.63, 3.8) is 0 Å². The first-order valence-electron chi connectivity index (χ1n) is 7.30. The molecule has 138 valence electrons. The Bertz CT molecular complexity index is 484. The Morgan fingerprint density at radius 1 is 1.38 bits per heavy atom. The van der Waals surface area contributed by atoms with Gasteiger partial charge < -0.3 is 15.2 Å². The van der Waals surface area contributed by atoms with Gasteiger partial charge in [0.05, 0.1) is 0 Å². The van der Waals surface area contributed by atoms with Gasteiger partial charge in [0.15, 0.2) is 0 Å². The van der Waals surface area contributed by atoms with Gasteiger partial charge in [-0.2, -0.15) is 0 Å². The van der Waals surface area contributed by atoms with Crippen molar-refractivity contribution in [1.29, 1.82) is 0 Å². The summed E-state index contributed by atoms with van der Waals surface area (Å²) < 4.78 is 3.18. The summed E-state index contributed by atoms with van der Waals surface area (Å²) in [5.41, 5.74) is 2.74. The van der Waals surface area contributed by atoms with Crippen molar-refractivity contribution in [2.75, 3.05) is 13.2 Å². The zero-order valence-corrected chi connectivity index (χ0v) is 15.5. The minimum Gasteiger partial charge on any atom is -0.460 e. The molecular weight excluding hydrogens is 385 g/mol. The van der Waals surface area contributed by atoms with Gasteiger partial charge in [0, 0.05) is 6.54 Å². The summed E-state index contributed by atoms with van der Waals surface area (Å²) in [6.07, 6.45) is -0.209. The molecule has 2 amide bonds. The molecule has 0 bridgehead atoms. The zero-order valence-electron chi connectivity index (χ0n) is 13.2. The molecule has 1 saturated heterocycles. The van der Waals surface area contributed by atoms with Crippen LogP contribution in [0.25, 0.3) is 0 Å². The van der Waals surface area contributed by atoms with Crippen LogP contribution in [0.2, 0.25) is 0 Å². The topological polar surface area (TPSA) is 108 Å². The highest BCUT2D eigenvalue weighted by molar-refractivity contribution is 6.67. The predicted octanol–water partition coefficient (Wildman–Crippen LogP) is 0.281. The van der Waals surface area contributed by atoms with Crippen LogP contribution in [-0.2, 0) is 19.1 Å². The number of amides is 2. The molecule has 0 saturated carbocycles. The molecule has 1 aliphatic heterocycles. The van der Waals surface area contributed by atoms with E-state index in [9.17, 15) is 14.4 Å². The van der Waals surface area contributed by atoms with Gasteiger partial charge in [-0.3, -0.25) is 19.4 Å². The molecule has 11 heteroatoms. The van der Waals surface area contributed by atoms with Crippen LogP contribution in [0, 0.1) is 0 Å². The summed E-state index contributed by atoms with van der Waals surface area (Å²) in [7, 11) is 0. The molecule has 24 heavy (non-hydrogen) atoms. The van der Waals surface area contributed by atoms with E-state index in [1.807, 2.05) is 0 Å². The average molecular weight is 405 g/mol. The van der Waals surface area contributed by atoms with Crippen molar-refractivity contribution in [1.82, 2.24) is 15.8 Å². The maximum atomic E-state index is 12.3. The summed E-state index contributed by atoms with van der Waals surface area (Å²) in [4.78, 5) is 35.7. The first-order chi connectivity index (χ1) is 11.0. The first kappa shape index (κ1) is 21.2. The van der Waals surface area contributed by atoms with Gasteiger partial charge in [0.2, 0.25) is 9.70 Å². The van der Waals surface area contributed by atoms with Crippen molar-refractivity contribution in [2.45, 2.75) is 48.7 Å². The number of alkyl halides is 3. The molecule has 0 radical (unpaired) electrons. The van der Waals surface area contributed by atoms with Gasteiger partial charge in [0.25, 0.3) is 5.91 Å². The molecule has 3 N–H and O–H groups in total. The van der Waals surface area contributed by atoms with Crippen LogP contribution in [0.15, 0.2) is 0 Å². The van der Waals surface area contributed by atoms with E-state index in [0.717, 1.165) is 0 Å². The minimum atomic E-state index is -1.71. The lowest BCUT2D eigenvalue weighted by molar-refractivity contribution is -0.153. The molecule has 0 spiro atoms. The molecule has 0 aromatic rings. The van der Waals surface area contributed by atoms with Crippen LogP contribution in [0.5, 0.6) is 0 Å². The van der Waals surface area contributed by atoms with Crippen LogP contribution in [0.3, 0.4) is 0 Å². The Kier molecular flexibility index (Phi) is 8.01. The van der Waals surface area contributed by atoms with Crippen LogP contribution >= 0.6 is 34.8 Å². The number of ether oxygens (including phenoxy) is 1. The summed E-state index contributed by atoms with van der Waals surface area (Å²) >= 11 is 16.6. The molecule has 1 heterocycles. The molecule has 0 unspecified atom stereocenters. The average Bonchev–Trinajstić information content (AvgIpc) is 2.50. The van der Waals surface area contributed by atoms with Gasteiger partial charge in [-0.1, -0.05) is 34.8 Å².